The van der Waals surface area contributed by atoms with Crippen LogP contribution >= 0.6 is 68.6 Å². The van der Waals surface area contributed by atoms with Crippen molar-refractivity contribution in [2.45, 2.75) is 6.42 Å². The third-order valence-electron chi connectivity index (χ3n) is 1.75. The molecule has 0 nitrogen and oxygen atoms in total. The van der Waals surface area contributed by atoms with Gasteiger partial charge in [0.15, 0.2) is 0 Å². The van der Waals surface area contributed by atoms with Gasteiger partial charge in [-0.05, 0) is 28.0 Å². The Balaban J connectivity index is 1.81. The van der Waals surface area contributed by atoms with Crippen molar-refractivity contribution < 1.29 is 0 Å². The first-order valence-electron chi connectivity index (χ1n) is 4.04. The fourth-order valence-electron chi connectivity index (χ4n) is 1.15. The molecule has 0 bridgehead atoms. The van der Waals surface area contributed by atoms with E-state index in [1.807, 2.05) is 68.6 Å². The highest BCUT2D eigenvalue weighted by Gasteiger charge is 2.27. The van der Waals surface area contributed by atoms with E-state index >= 15 is 0 Å². The molecule has 0 amide bonds. The number of allylic oxidation sites excluding steroid dienone is 1. The smallest absolute Gasteiger partial charge is 0.0708 e. The monoisotopic (exact) mass is 294 g/mol. The van der Waals surface area contributed by atoms with Gasteiger partial charge in [-0.15, -0.1) is 0 Å². The molecule has 0 N–H and O–H groups in total. The lowest BCUT2D eigenvalue weighted by molar-refractivity contribution is 1.23. The van der Waals surface area contributed by atoms with Crippen LogP contribution in [0, 0.1) is 0 Å². The molecular weight excluding hydrogens is 288 g/mol. The van der Waals surface area contributed by atoms with Crippen LogP contribution in [0.2, 0.25) is 0 Å². The molecule has 0 aromatic carbocycles. The minimum absolute atomic E-state index is 1.27. The Kier molecular flexibility index (Phi) is 3.49. The third-order valence-corrected chi connectivity index (χ3v) is 10.1. The Bertz CT molecular complexity index is 323. The summed E-state index contributed by atoms with van der Waals surface area (Å²) in [5.41, 5.74) is 0. The Labute approximate surface area is 108 Å². The second-order valence-electron chi connectivity index (χ2n) is 2.65. The fraction of sp³-hybridized carbons (Fsp3) is 0.250. The van der Waals surface area contributed by atoms with Crippen LogP contribution in [0.25, 0.3) is 0 Å². The van der Waals surface area contributed by atoms with Crippen LogP contribution in [-0.2, 0) is 0 Å². The van der Waals surface area contributed by atoms with E-state index < -0.39 is 0 Å². The van der Waals surface area contributed by atoms with E-state index in [4.69, 9.17) is 0 Å². The molecule has 0 saturated carbocycles. The maximum Gasteiger partial charge on any atom is 0.0708 e. The molecule has 0 atom stereocenters. The van der Waals surface area contributed by atoms with Crippen LogP contribution in [0.4, 0.5) is 0 Å². The molecule has 0 saturated heterocycles. The van der Waals surface area contributed by atoms with Gasteiger partial charge in [-0.3, -0.25) is 0 Å². The van der Waals surface area contributed by atoms with E-state index in [1.54, 1.807) is 9.14 Å². The Hall–Kier alpha value is 1.32. The summed E-state index contributed by atoms with van der Waals surface area (Å²) in [5, 5.41) is 4.35. The van der Waals surface area contributed by atoms with Gasteiger partial charge in [-0.2, -0.15) is 0 Å². The van der Waals surface area contributed by atoms with Gasteiger partial charge in [0.25, 0.3) is 0 Å². The van der Waals surface area contributed by atoms with E-state index in [-0.39, 0.29) is 0 Å². The van der Waals surface area contributed by atoms with Gasteiger partial charge in [0.05, 0.1) is 12.7 Å². The van der Waals surface area contributed by atoms with Crippen molar-refractivity contribution in [3.8, 4) is 0 Å². The SMILES string of the molecule is C1=CSC(=C2SC3=C(SSCC3)S2)S1. The summed E-state index contributed by atoms with van der Waals surface area (Å²) >= 11 is 7.70. The molecule has 0 unspecified atom stereocenters. The Morgan fingerprint density at radius 2 is 1.79 bits per heavy atom. The lowest BCUT2D eigenvalue weighted by Crippen LogP contribution is -1.84. The first-order valence-corrected chi connectivity index (χ1v) is 9.75. The first kappa shape index (κ1) is 10.5. The summed E-state index contributed by atoms with van der Waals surface area (Å²) in [6, 6.07) is 0. The molecular formula is C8H6S6. The standard InChI is InChI=1S/C8H6S6/c1-2-11-14-6-5(1)12-8(13-6)7-9-3-4-10-7/h3-4H,1-2H2. The molecule has 3 heterocycles. The Morgan fingerprint density at radius 1 is 0.929 bits per heavy atom. The lowest BCUT2D eigenvalue weighted by Gasteiger charge is -2.08. The summed E-state index contributed by atoms with van der Waals surface area (Å²) in [7, 11) is 3.95. The lowest BCUT2D eigenvalue weighted by atomic mass is 10.5. The fourth-order valence-corrected chi connectivity index (χ4v) is 9.31. The first-order chi connectivity index (χ1) is 6.93. The minimum atomic E-state index is 1.27. The molecule has 0 fully saturated rings. The largest absolute Gasteiger partial charge is 0.0884 e. The van der Waals surface area contributed by atoms with E-state index in [2.05, 4.69) is 10.8 Å². The number of hydrogen-bond donors (Lipinski definition) is 0. The highest BCUT2D eigenvalue weighted by molar-refractivity contribution is 8.80. The normalized spacial score (nSPS) is 26.3. The van der Waals surface area contributed by atoms with Crippen molar-refractivity contribution in [1.82, 2.24) is 0 Å². The minimum Gasteiger partial charge on any atom is -0.0884 e. The summed E-state index contributed by atoms with van der Waals surface area (Å²) in [6.45, 7) is 0. The van der Waals surface area contributed by atoms with Gasteiger partial charge in [0.1, 0.15) is 0 Å². The average Bonchev–Trinajstić information content (AvgIpc) is 2.86. The summed E-state index contributed by atoms with van der Waals surface area (Å²) < 4.78 is 4.52. The molecule has 3 aliphatic heterocycles. The van der Waals surface area contributed by atoms with Crippen molar-refractivity contribution in [1.29, 1.82) is 0 Å². The van der Waals surface area contributed by atoms with Gasteiger partial charge < -0.3 is 0 Å². The summed E-state index contributed by atoms with van der Waals surface area (Å²) in [6.07, 6.45) is 1.27. The van der Waals surface area contributed by atoms with Gasteiger partial charge in [-0.1, -0.05) is 57.8 Å². The van der Waals surface area contributed by atoms with Crippen LogP contribution in [0.5, 0.6) is 0 Å². The predicted octanol–water partition coefficient (Wildman–Crippen LogP) is 5.50. The zero-order valence-electron chi connectivity index (χ0n) is 7.02. The maximum atomic E-state index is 2.17. The molecule has 0 aromatic heterocycles. The highest BCUT2D eigenvalue weighted by Crippen LogP contribution is 2.63. The quantitative estimate of drug-likeness (QED) is 0.537. The molecule has 3 aliphatic rings. The topological polar surface area (TPSA) is 0 Å². The van der Waals surface area contributed by atoms with Gasteiger partial charge in [0, 0.05) is 10.7 Å². The summed E-state index contributed by atoms with van der Waals surface area (Å²) in [5.74, 6) is 1.28. The van der Waals surface area contributed by atoms with E-state index in [9.17, 15) is 0 Å². The third kappa shape index (κ3) is 2.06. The molecule has 14 heavy (non-hydrogen) atoms. The zero-order chi connectivity index (χ0) is 9.38. The molecule has 0 aliphatic carbocycles. The Morgan fingerprint density at radius 3 is 2.57 bits per heavy atom. The highest BCUT2D eigenvalue weighted by atomic mass is 33.1. The molecule has 3 rings (SSSR count). The van der Waals surface area contributed by atoms with Crippen molar-refractivity contribution in [2.24, 2.45) is 0 Å². The van der Waals surface area contributed by atoms with Crippen molar-refractivity contribution >= 4 is 68.6 Å². The molecule has 6 heteroatoms. The van der Waals surface area contributed by atoms with Crippen LogP contribution < -0.4 is 0 Å². The average molecular weight is 295 g/mol. The van der Waals surface area contributed by atoms with Crippen molar-refractivity contribution in [3.05, 3.63) is 28.4 Å². The van der Waals surface area contributed by atoms with Crippen LogP contribution in [0.1, 0.15) is 6.42 Å². The summed E-state index contributed by atoms with van der Waals surface area (Å²) in [4.78, 5) is 1.61. The van der Waals surface area contributed by atoms with Crippen molar-refractivity contribution in [2.75, 3.05) is 5.75 Å². The zero-order valence-corrected chi connectivity index (χ0v) is 11.9. The second kappa shape index (κ2) is 4.67. The molecule has 0 radical (unpaired) electrons. The van der Waals surface area contributed by atoms with E-state index in [0.29, 0.717) is 0 Å². The van der Waals surface area contributed by atoms with Gasteiger partial charge >= 0.3 is 0 Å². The van der Waals surface area contributed by atoms with E-state index in [0.717, 1.165) is 0 Å². The van der Waals surface area contributed by atoms with Crippen LogP contribution in [0.15, 0.2) is 28.4 Å². The number of rotatable bonds is 0. The van der Waals surface area contributed by atoms with Crippen molar-refractivity contribution in [3.63, 3.8) is 0 Å². The number of hydrogen-bond acceptors (Lipinski definition) is 6. The number of thioether (sulfide) groups is 4. The van der Waals surface area contributed by atoms with Gasteiger partial charge in [-0.25, -0.2) is 0 Å². The van der Waals surface area contributed by atoms with Crippen LogP contribution in [0.3, 0.4) is 0 Å². The predicted molar refractivity (Wildman–Crippen MR) is 78.2 cm³/mol. The van der Waals surface area contributed by atoms with Crippen LogP contribution in [-0.4, -0.2) is 5.75 Å². The van der Waals surface area contributed by atoms with E-state index in [1.165, 1.54) is 20.6 Å². The maximum absolute atomic E-state index is 2.17. The molecule has 74 valence electrons. The molecule has 0 spiro atoms. The molecule has 0 aromatic rings. The van der Waals surface area contributed by atoms with Gasteiger partial charge in [0.2, 0.25) is 0 Å². The second-order valence-corrected chi connectivity index (χ2v) is 9.81.